The molecule has 1 heterocycles. The number of carbonyl (C=O) groups is 2. The number of benzene rings is 1. The normalized spacial score (nSPS) is 17.2. The second-order valence-corrected chi connectivity index (χ2v) is 6.55. The first-order chi connectivity index (χ1) is 10.8. The number of hydrogen-bond donors (Lipinski definition) is 0. The molecule has 122 valence electrons. The fourth-order valence-corrected chi connectivity index (χ4v) is 3.98. The van der Waals surface area contributed by atoms with Crippen molar-refractivity contribution in [3.05, 3.63) is 28.0 Å². The van der Waals surface area contributed by atoms with Crippen LogP contribution in [0.3, 0.4) is 0 Å². The molecule has 0 bridgehead atoms. The highest BCUT2D eigenvalue weighted by atomic mass is 16.5. The lowest BCUT2D eigenvalue weighted by molar-refractivity contribution is -0.131. The second kappa shape index (κ2) is 5.52. The third-order valence-electron chi connectivity index (χ3n) is 4.85. The van der Waals surface area contributed by atoms with Gasteiger partial charge in [0.25, 0.3) is 0 Å². The Morgan fingerprint density at radius 2 is 1.87 bits per heavy atom. The Hall–Kier alpha value is -2.10. The summed E-state index contributed by atoms with van der Waals surface area (Å²) in [5, 5.41) is 0.916. The summed E-state index contributed by atoms with van der Waals surface area (Å²) in [4.78, 5) is 23.5. The molecule has 1 aliphatic carbocycles. The van der Waals surface area contributed by atoms with Gasteiger partial charge in [0.15, 0.2) is 22.9 Å². The molecule has 0 saturated heterocycles. The highest BCUT2D eigenvalue weighted by molar-refractivity contribution is 6.02. The van der Waals surface area contributed by atoms with Gasteiger partial charge in [-0.3, -0.25) is 9.59 Å². The third-order valence-corrected chi connectivity index (χ3v) is 4.85. The minimum absolute atomic E-state index is 0.113. The van der Waals surface area contributed by atoms with Crippen LogP contribution in [0.5, 0.6) is 5.75 Å². The predicted molar refractivity (Wildman–Crippen MR) is 88.4 cm³/mol. The van der Waals surface area contributed by atoms with E-state index < -0.39 is 0 Å². The van der Waals surface area contributed by atoms with Crippen LogP contribution in [0.4, 0.5) is 0 Å². The zero-order chi connectivity index (χ0) is 16.9. The van der Waals surface area contributed by atoms with Crippen molar-refractivity contribution in [1.29, 1.82) is 0 Å². The number of Topliss-reactive ketones (excluding diaryl/α,β-unsaturated/α-hetero) is 1. The summed E-state index contributed by atoms with van der Waals surface area (Å²) in [6.07, 6.45) is 3.05. The molecule has 0 radical (unpaired) electrons. The maximum absolute atomic E-state index is 11.9. The van der Waals surface area contributed by atoms with E-state index in [1.807, 2.05) is 6.92 Å². The molecule has 1 aliphatic rings. The Morgan fingerprint density at radius 1 is 1.17 bits per heavy atom. The SMILES string of the molecule is CC(=O)Oc1c2c(c(C)c3c(C)c(C(C)=O)oc13)[C@@H](C)CCC2. The summed E-state index contributed by atoms with van der Waals surface area (Å²) in [5.74, 6) is 0.793. The Morgan fingerprint density at radius 3 is 2.48 bits per heavy atom. The van der Waals surface area contributed by atoms with Crippen LogP contribution < -0.4 is 4.74 Å². The van der Waals surface area contributed by atoms with Crippen LogP contribution in [0, 0.1) is 13.8 Å². The van der Waals surface area contributed by atoms with Crippen molar-refractivity contribution >= 4 is 22.7 Å². The molecular formula is C19H22O4. The van der Waals surface area contributed by atoms with Gasteiger partial charge in [-0.15, -0.1) is 0 Å². The van der Waals surface area contributed by atoms with Crippen molar-refractivity contribution in [2.75, 3.05) is 0 Å². The molecule has 4 nitrogen and oxygen atoms in total. The molecule has 0 unspecified atom stereocenters. The summed E-state index contributed by atoms with van der Waals surface area (Å²) in [5.41, 5.74) is 4.82. The van der Waals surface area contributed by atoms with Crippen LogP contribution in [0.15, 0.2) is 4.42 Å². The van der Waals surface area contributed by atoms with E-state index in [0.29, 0.717) is 23.0 Å². The van der Waals surface area contributed by atoms with Gasteiger partial charge >= 0.3 is 5.97 Å². The van der Waals surface area contributed by atoms with Crippen LogP contribution in [0.2, 0.25) is 0 Å². The molecule has 1 aromatic heterocycles. The number of carbonyl (C=O) groups excluding carboxylic acids is 2. The van der Waals surface area contributed by atoms with Gasteiger partial charge in [-0.05, 0) is 50.2 Å². The van der Waals surface area contributed by atoms with E-state index in [4.69, 9.17) is 9.15 Å². The number of esters is 1. The molecule has 0 fully saturated rings. The molecule has 0 spiro atoms. The Labute approximate surface area is 135 Å². The number of aryl methyl sites for hydroxylation is 2. The lowest BCUT2D eigenvalue weighted by atomic mass is 9.79. The Balaban J connectivity index is 2.45. The predicted octanol–water partition coefficient (Wildman–Crippen LogP) is 4.62. The first kappa shape index (κ1) is 15.8. The number of rotatable bonds is 2. The number of ether oxygens (including phenoxy) is 1. The molecular weight excluding hydrogens is 292 g/mol. The van der Waals surface area contributed by atoms with Crippen LogP contribution in [0.1, 0.15) is 72.3 Å². The fourth-order valence-electron chi connectivity index (χ4n) is 3.98. The van der Waals surface area contributed by atoms with E-state index in [1.54, 1.807) is 0 Å². The maximum Gasteiger partial charge on any atom is 0.308 e. The second-order valence-electron chi connectivity index (χ2n) is 6.55. The average Bonchev–Trinajstić information content (AvgIpc) is 2.81. The monoisotopic (exact) mass is 314 g/mol. The van der Waals surface area contributed by atoms with Crippen molar-refractivity contribution in [2.45, 2.75) is 59.8 Å². The van der Waals surface area contributed by atoms with Crippen molar-refractivity contribution in [3.8, 4) is 5.75 Å². The minimum Gasteiger partial charge on any atom is -0.449 e. The summed E-state index contributed by atoms with van der Waals surface area (Å²) < 4.78 is 11.4. The van der Waals surface area contributed by atoms with Crippen LogP contribution in [-0.2, 0) is 11.2 Å². The van der Waals surface area contributed by atoms with Gasteiger partial charge in [0.2, 0.25) is 0 Å². The van der Waals surface area contributed by atoms with Crippen molar-refractivity contribution in [1.82, 2.24) is 0 Å². The molecule has 0 amide bonds. The van der Waals surface area contributed by atoms with Gasteiger partial charge in [0.05, 0.1) is 0 Å². The van der Waals surface area contributed by atoms with E-state index in [9.17, 15) is 9.59 Å². The van der Waals surface area contributed by atoms with Crippen LogP contribution >= 0.6 is 0 Å². The lowest BCUT2D eigenvalue weighted by Gasteiger charge is -2.26. The summed E-state index contributed by atoms with van der Waals surface area (Å²) in [7, 11) is 0. The third kappa shape index (κ3) is 2.37. The number of furan rings is 1. The van der Waals surface area contributed by atoms with Gasteiger partial charge in [-0.2, -0.15) is 0 Å². The smallest absolute Gasteiger partial charge is 0.308 e. The molecule has 23 heavy (non-hydrogen) atoms. The molecule has 1 atom stereocenters. The topological polar surface area (TPSA) is 56.5 Å². The summed E-state index contributed by atoms with van der Waals surface area (Å²) in [6.45, 7) is 9.07. The van der Waals surface area contributed by atoms with Gasteiger partial charge in [0.1, 0.15) is 0 Å². The maximum atomic E-state index is 11.9. The van der Waals surface area contributed by atoms with E-state index in [-0.39, 0.29) is 11.8 Å². The van der Waals surface area contributed by atoms with Gasteiger partial charge in [-0.1, -0.05) is 6.92 Å². The molecule has 3 rings (SSSR count). The minimum atomic E-state index is -0.367. The van der Waals surface area contributed by atoms with Gasteiger partial charge in [-0.25, -0.2) is 0 Å². The molecule has 2 aromatic rings. The number of hydrogen-bond acceptors (Lipinski definition) is 4. The van der Waals surface area contributed by atoms with Gasteiger partial charge in [0, 0.05) is 30.4 Å². The average molecular weight is 314 g/mol. The van der Waals surface area contributed by atoms with E-state index in [0.717, 1.165) is 41.3 Å². The highest BCUT2D eigenvalue weighted by Crippen LogP contribution is 2.46. The molecule has 0 saturated carbocycles. The highest BCUT2D eigenvalue weighted by Gasteiger charge is 2.30. The fraction of sp³-hybridized carbons (Fsp3) is 0.474. The zero-order valence-electron chi connectivity index (χ0n) is 14.3. The first-order valence-corrected chi connectivity index (χ1v) is 8.10. The molecule has 1 aromatic carbocycles. The van der Waals surface area contributed by atoms with Crippen LogP contribution in [-0.4, -0.2) is 11.8 Å². The number of fused-ring (bicyclic) bond motifs is 2. The van der Waals surface area contributed by atoms with Crippen molar-refractivity contribution < 1.29 is 18.7 Å². The molecule has 4 heteroatoms. The lowest BCUT2D eigenvalue weighted by Crippen LogP contribution is -2.13. The van der Waals surface area contributed by atoms with Gasteiger partial charge < -0.3 is 9.15 Å². The van der Waals surface area contributed by atoms with E-state index >= 15 is 0 Å². The van der Waals surface area contributed by atoms with Crippen LogP contribution in [0.25, 0.3) is 11.0 Å². The summed E-state index contributed by atoms with van der Waals surface area (Å²) in [6, 6.07) is 0. The Kier molecular flexibility index (Phi) is 3.78. The molecule has 0 aliphatic heterocycles. The molecule has 0 N–H and O–H groups in total. The standard InChI is InChI=1S/C19H22O4/c1-9-7-6-8-14-15(9)10(2)16-11(3)17(12(4)20)23-19(16)18(14)22-13(5)21/h9H,6-8H2,1-5H3/t9-/m0/s1. The van der Waals surface area contributed by atoms with E-state index in [1.165, 1.54) is 19.4 Å². The zero-order valence-corrected chi connectivity index (χ0v) is 14.3. The number of ketones is 1. The van der Waals surface area contributed by atoms with Crippen molar-refractivity contribution in [3.63, 3.8) is 0 Å². The first-order valence-electron chi connectivity index (χ1n) is 8.10. The quantitative estimate of drug-likeness (QED) is 0.461. The Bertz CT molecular complexity index is 826. The van der Waals surface area contributed by atoms with Crippen molar-refractivity contribution in [2.24, 2.45) is 0 Å². The van der Waals surface area contributed by atoms with E-state index in [2.05, 4.69) is 13.8 Å². The largest absolute Gasteiger partial charge is 0.449 e. The summed E-state index contributed by atoms with van der Waals surface area (Å²) >= 11 is 0.